The Morgan fingerprint density at radius 3 is 1.70 bits per heavy atom. The normalized spacial score (nSPS) is 15.6. The summed E-state index contributed by atoms with van der Waals surface area (Å²) in [6, 6.07) is 0. The Bertz CT molecular complexity index is 299. The molecule has 0 aliphatic rings. The Morgan fingerprint density at radius 1 is 0.850 bits per heavy atom. The Hall–Kier alpha value is -1.06. The van der Waals surface area contributed by atoms with Crippen LogP contribution in [0, 0.1) is 11.8 Å². The third-order valence-corrected chi connectivity index (χ3v) is 3.41. The minimum Gasteiger partial charge on any atom is -0.462 e. The molecule has 0 radical (unpaired) electrons. The smallest absolute Gasteiger partial charge is 0.306 e. The molecule has 4 heteroatoms. The lowest BCUT2D eigenvalue weighted by Gasteiger charge is -2.31. The van der Waals surface area contributed by atoms with Gasteiger partial charge < -0.3 is 9.47 Å². The highest BCUT2D eigenvalue weighted by Gasteiger charge is 2.30. The average molecular weight is 286 g/mol. The maximum atomic E-state index is 11.7. The largest absolute Gasteiger partial charge is 0.462 e. The predicted octanol–water partition coefficient (Wildman–Crippen LogP) is 3.72. The average Bonchev–Trinajstić information content (AvgIpc) is 2.35. The van der Waals surface area contributed by atoms with Gasteiger partial charge in [0, 0.05) is 18.8 Å². The SMILES string of the molecule is CCCC(=O)OC(C)C(C)C(OC(=O)CCC)C(C)C. The van der Waals surface area contributed by atoms with E-state index in [-0.39, 0.29) is 36.0 Å². The van der Waals surface area contributed by atoms with Gasteiger partial charge in [0.15, 0.2) is 0 Å². The van der Waals surface area contributed by atoms with Crippen molar-refractivity contribution in [2.75, 3.05) is 0 Å². The predicted molar refractivity (Wildman–Crippen MR) is 79.3 cm³/mol. The van der Waals surface area contributed by atoms with Crippen LogP contribution < -0.4 is 0 Å². The van der Waals surface area contributed by atoms with Crippen molar-refractivity contribution in [1.29, 1.82) is 0 Å². The highest BCUT2D eigenvalue weighted by Crippen LogP contribution is 2.23. The standard InChI is InChI=1S/C16H30O4/c1-7-9-14(17)19-13(6)12(5)16(11(3)4)20-15(18)10-8-2/h11-13,16H,7-10H2,1-6H3. The van der Waals surface area contributed by atoms with Crippen LogP contribution in [0.1, 0.15) is 67.2 Å². The molecular weight excluding hydrogens is 256 g/mol. The molecule has 4 nitrogen and oxygen atoms in total. The quantitative estimate of drug-likeness (QED) is 0.606. The summed E-state index contributed by atoms with van der Waals surface area (Å²) in [5.74, 6) is -0.186. The summed E-state index contributed by atoms with van der Waals surface area (Å²) in [5.41, 5.74) is 0. The van der Waals surface area contributed by atoms with Gasteiger partial charge in [-0.1, -0.05) is 34.6 Å². The van der Waals surface area contributed by atoms with Gasteiger partial charge in [-0.15, -0.1) is 0 Å². The van der Waals surface area contributed by atoms with Crippen LogP contribution in [0.5, 0.6) is 0 Å². The molecule has 0 fully saturated rings. The molecule has 3 atom stereocenters. The van der Waals surface area contributed by atoms with E-state index in [1.165, 1.54) is 0 Å². The number of ether oxygens (including phenoxy) is 2. The van der Waals surface area contributed by atoms with Crippen molar-refractivity contribution >= 4 is 11.9 Å². The topological polar surface area (TPSA) is 52.6 Å². The molecule has 0 spiro atoms. The molecule has 0 heterocycles. The summed E-state index contributed by atoms with van der Waals surface area (Å²) in [7, 11) is 0. The van der Waals surface area contributed by atoms with E-state index in [0.29, 0.717) is 12.8 Å². The van der Waals surface area contributed by atoms with E-state index in [1.54, 1.807) is 0 Å². The molecule has 20 heavy (non-hydrogen) atoms. The van der Waals surface area contributed by atoms with Gasteiger partial charge in [-0.25, -0.2) is 0 Å². The van der Waals surface area contributed by atoms with E-state index >= 15 is 0 Å². The van der Waals surface area contributed by atoms with Crippen LogP contribution >= 0.6 is 0 Å². The Balaban J connectivity index is 4.58. The lowest BCUT2D eigenvalue weighted by Crippen LogP contribution is -2.37. The van der Waals surface area contributed by atoms with Crippen LogP contribution in [0.15, 0.2) is 0 Å². The maximum Gasteiger partial charge on any atom is 0.306 e. The zero-order valence-corrected chi connectivity index (χ0v) is 13.8. The molecular formula is C16H30O4. The minimum absolute atomic E-state index is 0.0170. The second kappa shape index (κ2) is 9.78. The van der Waals surface area contributed by atoms with Gasteiger partial charge >= 0.3 is 11.9 Å². The van der Waals surface area contributed by atoms with Crippen molar-refractivity contribution in [1.82, 2.24) is 0 Å². The molecule has 0 aromatic rings. The number of carbonyl (C=O) groups is 2. The van der Waals surface area contributed by atoms with Crippen LogP contribution in [0.3, 0.4) is 0 Å². The first-order valence-corrected chi connectivity index (χ1v) is 7.72. The van der Waals surface area contributed by atoms with Gasteiger partial charge in [-0.2, -0.15) is 0 Å². The molecule has 0 N–H and O–H groups in total. The highest BCUT2D eigenvalue weighted by molar-refractivity contribution is 5.70. The van der Waals surface area contributed by atoms with Crippen LogP contribution in [0.4, 0.5) is 0 Å². The van der Waals surface area contributed by atoms with Crippen molar-refractivity contribution in [3.05, 3.63) is 0 Å². The summed E-state index contributed by atoms with van der Waals surface area (Å²) in [6.07, 6.45) is 1.94. The molecule has 3 unspecified atom stereocenters. The van der Waals surface area contributed by atoms with Crippen molar-refractivity contribution < 1.29 is 19.1 Å². The number of esters is 2. The van der Waals surface area contributed by atoms with E-state index in [1.807, 2.05) is 41.5 Å². The van der Waals surface area contributed by atoms with Crippen LogP contribution in [-0.2, 0) is 19.1 Å². The Labute approximate surface area is 123 Å². The number of hydrogen-bond acceptors (Lipinski definition) is 4. The van der Waals surface area contributed by atoms with E-state index < -0.39 is 0 Å². The summed E-state index contributed by atoms with van der Waals surface area (Å²) >= 11 is 0. The van der Waals surface area contributed by atoms with E-state index in [2.05, 4.69) is 0 Å². The molecule has 0 saturated heterocycles. The molecule has 0 aliphatic carbocycles. The molecule has 0 aliphatic heterocycles. The third kappa shape index (κ3) is 6.92. The lowest BCUT2D eigenvalue weighted by atomic mass is 9.90. The molecule has 0 aromatic heterocycles. The van der Waals surface area contributed by atoms with Gasteiger partial charge in [0.25, 0.3) is 0 Å². The maximum absolute atomic E-state index is 11.7. The van der Waals surface area contributed by atoms with Crippen molar-refractivity contribution in [3.8, 4) is 0 Å². The molecule has 0 saturated carbocycles. The van der Waals surface area contributed by atoms with Gasteiger partial charge in [0.2, 0.25) is 0 Å². The fraction of sp³-hybridized carbons (Fsp3) is 0.875. The van der Waals surface area contributed by atoms with Gasteiger partial charge in [0.05, 0.1) is 0 Å². The molecule has 118 valence electrons. The van der Waals surface area contributed by atoms with Crippen molar-refractivity contribution in [2.24, 2.45) is 11.8 Å². The second-order valence-electron chi connectivity index (χ2n) is 5.75. The van der Waals surface area contributed by atoms with Gasteiger partial charge in [0.1, 0.15) is 12.2 Å². The molecule has 0 amide bonds. The van der Waals surface area contributed by atoms with Crippen LogP contribution in [0.25, 0.3) is 0 Å². The van der Waals surface area contributed by atoms with Gasteiger partial charge in [-0.3, -0.25) is 9.59 Å². The molecule has 0 aromatic carbocycles. The van der Waals surface area contributed by atoms with E-state index in [4.69, 9.17) is 9.47 Å². The van der Waals surface area contributed by atoms with E-state index in [0.717, 1.165) is 12.8 Å². The van der Waals surface area contributed by atoms with Crippen LogP contribution in [0.2, 0.25) is 0 Å². The second-order valence-corrected chi connectivity index (χ2v) is 5.75. The number of carbonyl (C=O) groups excluding carboxylic acids is 2. The summed E-state index contributed by atoms with van der Waals surface area (Å²) < 4.78 is 10.9. The van der Waals surface area contributed by atoms with E-state index in [9.17, 15) is 9.59 Å². The summed E-state index contributed by atoms with van der Waals surface area (Å²) in [4.78, 5) is 23.2. The van der Waals surface area contributed by atoms with Crippen LogP contribution in [-0.4, -0.2) is 24.1 Å². The first kappa shape index (κ1) is 18.9. The lowest BCUT2D eigenvalue weighted by molar-refractivity contribution is -0.163. The number of rotatable bonds is 9. The minimum atomic E-state index is -0.254. The fourth-order valence-electron chi connectivity index (χ4n) is 2.11. The molecule has 0 rings (SSSR count). The first-order chi connectivity index (χ1) is 9.33. The Morgan fingerprint density at radius 2 is 1.30 bits per heavy atom. The highest BCUT2D eigenvalue weighted by atomic mass is 16.6. The zero-order valence-electron chi connectivity index (χ0n) is 13.8. The summed E-state index contributed by atoms with van der Waals surface area (Å²) in [5, 5.41) is 0. The van der Waals surface area contributed by atoms with Crippen molar-refractivity contribution in [3.63, 3.8) is 0 Å². The molecule has 0 bridgehead atoms. The Kier molecular flexibility index (Phi) is 9.26. The van der Waals surface area contributed by atoms with Gasteiger partial charge in [-0.05, 0) is 25.7 Å². The third-order valence-electron chi connectivity index (χ3n) is 3.41. The monoisotopic (exact) mass is 286 g/mol. The van der Waals surface area contributed by atoms with Crippen molar-refractivity contribution in [2.45, 2.75) is 79.4 Å². The first-order valence-electron chi connectivity index (χ1n) is 7.72. The zero-order chi connectivity index (χ0) is 15.7. The summed E-state index contributed by atoms with van der Waals surface area (Å²) in [6.45, 7) is 11.8. The number of hydrogen-bond donors (Lipinski definition) is 0. The fourth-order valence-corrected chi connectivity index (χ4v) is 2.11.